The second kappa shape index (κ2) is 8.95. The first kappa shape index (κ1) is 15.0. The number of ether oxygens (including phenoxy) is 1. The van der Waals surface area contributed by atoms with Crippen LogP contribution in [0.15, 0.2) is 24.3 Å². The number of amides is 1. The summed E-state index contributed by atoms with van der Waals surface area (Å²) in [6, 6.07) is 8.80. The first-order chi connectivity index (χ1) is 9.27. The monoisotopic (exact) mass is 262 g/mol. The van der Waals surface area contributed by atoms with E-state index < -0.39 is 0 Å². The number of nitrogens with zero attached hydrogens (tertiary/aromatic N) is 1. The average Bonchev–Trinajstić information content (AvgIpc) is 2.45. The van der Waals surface area contributed by atoms with Crippen LogP contribution in [0.5, 0.6) is 5.75 Å². The largest absolute Gasteiger partial charge is 0.482 e. The number of rotatable bonds is 8. The van der Waals surface area contributed by atoms with Crippen LogP contribution in [0.2, 0.25) is 0 Å². The normalized spacial score (nSPS) is 9.68. The summed E-state index contributed by atoms with van der Waals surface area (Å²) < 4.78 is 5.29. The van der Waals surface area contributed by atoms with Crippen molar-refractivity contribution in [1.29, 1.82) is 5.26 Å². The van der Waals surface area contributed by atoms with E-state index in [1.807, 2.05) is 6.07 Å². The number of carbonyl (C=O) groups is 1. The maximum absolute atomic E-state index is 11.5. The van der Waals surface area contributed by atoms with Gasteiger partial charge in [-0.25, -0.2) is 0 Å². The van der Waals surface area contributed by atoms with Gasteiger partial charge in [-0.3, -0.25) is 4.79 Å². The minimum Gasteiger partial charge on any atom is -0.482 e. The molecule has 0 bridgehead atoms. The fourth-order valence-electron chi connectivity index (χ4n) is 1.52. The fraction of sp³-hybridized carbons (Fsp3) is 0.429. The van der Waals surface area contributed by atoms with Gasteiger partial charge >= 0.3 is 0 Å². The molecule has 0 radical (unpaired) electrons. The molecule has 0 aliphatic rings. The van der Waals surface area contributed by atoms with Crippen LogP contribution in [0, 0.1) is 11.3 Å². The quantitative estimate of drug-likeness (QED) is 0.690. The van der Waals surface area contributed by atoms with Crippen LogP contribution in [0.1, 0.15) is 24.8 Å². The Morgan fingerprint density at radius 1 is 1.32 bits per heavy atom. The summed E-state index contributed by atoms with van der Waals surface area (Å²) in [6.45, 7) is 0.656. The molecule has 5 nitrogen and oxygen atoms in total. The molecule has 19 heavy (non-hydrogen) atoms. The molecular formula is C14H18N2O3. The van der Waals surface area contributed by atoms with Crippen LogP contribution in [0.3, 0.4) is 0 Å². The first-order valence-corrected chi connectivity index (χ1v) is 6.27. The van der Waals surface area contributed by atoms with E-state index in [9.17, 15) is 4.79 Å². The van der Waals surface area contributed by atoms with Gasteiger partial charge in [0.1, 0.15) is 11.8 Å². The fourth-order valence-corrected chi connectivity index (χ4v) is 1.52. The van der Waals surface area contributed by atoms with E-state index in [-0.39, 0.29) is 19.1 Å². The highest BCUT2D eigenvalue weighted by Gasteiger charge is 2.05. The van der Waals surface area contributed by atoms with E-state index in [0.717, 1.165) is 19.3 Å². The Balaban J connectivity index is 2.25. The molecule has 0 atom stereocenters. The highest BCUT2D eigenvalue weighted by Crippen LogP contribution is 2.15. The lowest BCUT2D eigenvalue weighted by Gasteiger charge is -2.08. The molecule has 0 fully saturated rings. The standard InChI is InChI=1S/C14H18N2O3/c15-10-12-6-2-3-7-13(12)19-11-14(18)16-8-4-1-5-9-17/h2-3,6-7,17H,1,4-5,8-9,11H2,(H,16,18). The van der Waals surface area contributed by atoms with Gasteiger partial charge in [0.2, 0.25) is 0 Å². The van der Waals surface area contributed by atoms with Gasteiger partial charge in [0.05, 0.1) is 5.56 Å². The zero-order chi connectivity index (χ0) is 13.9. The molecule has 0 aliphatic heterocycles. The van der Waals surface area contributed by atoms with Crippen molar-refractivity contribution < 1.29 is 14.6 Å². The van der Waals surface area contributed by atoms with E-state index in [1.54, 1.807) is 24.3 Å². The van der Waals surface area contributed by atoms with Gasteiger partial charge in [-0.2, -0.15) is 5.26 Å². The average molecular weight is 262 g/mol. The third-order valence-electron chi connectivity index (χ3n) is 2.52. The van der Waals surface area contributed by atoms with Crippen molar-refractivity contribution in [2.45, 2.75) is 19.3 Å². The molecule has 0 saturated carbocycles. The molecule has 0 aromatic heterocycles. The predicted octanol–water partition coefficient (Wildman–Crippen LogP) is 1.22. The molecule has 0 aliphatic carbocycles. The lowest BCUT2D eigenvalue weighted by atomic mass is 10.2. The minimum atomic E-state index is -0.211. The highest BCUT2D eigenvalue weighted by molar-refractivity contribution is 5.77. The van der Waals surface area contributed by atoms with Crippen molar-refractivity contribution >= 4 is 5.91 Å². The Bertz CT molecular complexity index is 441. The number of aliphatic hydroxyl groups excluding tert-OH is 1. The number of aliphatic hydroxyl groups is 1. The number of nitriles is 1. The predicted molar refractivity (Wildman–Crippen MR) is 70.6 cm³/mol. The molecule has 1 amide bonds. The lowest BCUT2D eigenvalue weighted by molar-refractivity contribution is -0.123. The third-order valence-corrected chi connectivity index (χ3v) is 2.52. The van der Waals surface area contributed by atoms with Gasteiger partial charge in [-0.05, 0) is 31.4 Å². The zero-order valence-electron chi connectivity index (χ0n) is 10.8. The Labute approximate surface area is 112 Å². The molecule has 1 aromatic rings. The summed E-state index contributed by atoms with van der Waals surface area (Å²) in [5, 5.41) is 20.2. The number of unbranched alkanes of at least 4 members (excludes halogenated alkanes) is 2. The minimum absolute atomic E-state index is 0.0985. The Morgan fingerprint density at radius 3 is 2.84 bits per heavy atom. The smallest absolute Gasteiger partial charge is 0.257 e. The summed E-state index contributed by atoms with van der Waals surface area (Å²) in [7, 11) is 0. The van der Waals surface area contributed by atoms with Crippen molar-refractivity contribution in [3.8, 4) is 11.8 Å². The summed E-state index contributed by atoms with van der Waals surface area (Å²) >= 11 is 0. The number of para-hydroxylation sites is 1. The van der Waals surface area contributed by atoms with Crippen molar-refractivity contribution in [2.24, 2.45) is 0 Å². The third kappa shape index (κ3) is 5.89. The Morgan fingerprint density at radius 2 is 2.11 bits per heavy atom. The van der Waals surface area contributed by atoms with Gasteiger partial charge in [0.25, 0.3) is 5.91 Å². The molecule has 1 rings (SSSR count). The van der Waals surface area contributed by atoms with E-state index in [1.165, 1.54) is 0 Å². The molecule has 5 heteroatoms. The summed E-state index contributed by atoms with van der Waals surface area (Å²) in [6.07, 6.45) is 2.47. The van der Waals surface area contributed by atoms with Crippen molar-refractivity contribution in [2.75, 3.05) is 19.8 Å². The SMILES string of the molecule is N#Cc1ccccc1OCC(=O)NCCCCCO. The van der Waals surface area contributed by atoms with Crippen molar-refractivity contribution in [3.05, 3.63) is 29.8 Å². The number of nitrogens with one attached hydrogen (secondary N) is 1. The summed E-state index contributed by atoms with van der Waals surface area (Å²) in [5.74, 6) is 0.206. The molecule has 102 valence electrons. The molecular weight excluding hydrogens is 244 g/mol. The van der Waals surface area contributed by atoms with Crippen molar-refractivity contribution in [1.82, 2.24) is 5.32 Å². The maximum Gasteiger partial charge on any atom is 0.257 e. The second-order valence-electron chi connectivity index (χ2n) is 4.03. The van der Waals surface area contributed by atoms with Gasteiger partial charge in [-0.1, -0.05) is 12.1 Å². The second-order valence-corrected chi connectivity index (χ2v) is 4.03. The number of hydrogen-bond donors (Lipinski definition) is 2. The van der Waals surface area contributed by atoms with Crippen molar-refractivity contribution in [3.63, 3.8) is 0 Å². The number of hydrogen-bond acceptors (Lipinski definition) is 4. The molecule has 0 saturated heterocycles. The van der Waals surface area contributed by atoms with Gasteiger partial charge in [0, 0.05) is 13.2 Å². The first-order valence-electron chi connectivity index (χ1n) is 6.27. The number of carbonyl (C=O) groups excluding carboxylic acids is 1. The van der Waals surface area contributed by atoms with Gasteiger partial charge < -0.3 is 15.2 Å². The summed E-state index contributed by atoms with van der Waals surface area (Å²) in [5.41, 5.74) is 0.415. The van der Waals surface area contributed by atoms with Crippen LogP contribution in [0.4, 0.5) is 0 Å². The van der Waals surface area contributed by atoms with Crippen LogP contribution < -0.4 is 10.1 Å². The highest BCUT2D eigenvalue weighted by atomic mass is 16.5. The lowest BCUT2D eigenvalue weighted by Crippen LogP contribution is -2.29. The Kier molecular flexibility index (Phi) is 7.06. The van der Waals surface area contributed by atoms with Crippen LogP contribution in [0.25, 0.3) is 0 Å². The number of benzene rings is 1. The van der Waals surface area contributed by atoms with E-state index in [2.05, 4.69) is 5.32 Å². The van der Waals surface area contributed by atoms with Gasteiger partial charge in [-0.15, -0.1) is 0 Å². The topological polar surface area (TPSA) is 82.3 Å². The molecule has 0 heterocycles. The molecule has 2 N–H and O–H groups in total. The summed E-state index contributed by atoms with van der Waals surface area (Å²) in [4.78, 5) is 11.5. The van der Waals surface area contributed by atoms with E-state index >= 15 is 0 Å². The van der Waals surface area contributed by atoms with Gasteiger partial charge in [0.15, 0.2) is 6.61 Å². The molecule has 1 aromatic carbocycles. The van der Waals surface area contributed by atoms with Crippen LogP contribution in [-0.4, -0.2) is 30.8 Å². The van der Waals surface area contributed by atoms with E-state index in [0.29, 0.717) is 17.9 Å². The van der Waals surface area contributed by atoms with E-state index in [4.69, 9.17) is 15.1 Å². The Hall–Kier alpha value is -2.06. The zero-order valence-corrected chi connectivity index (χ0v) is 10.8. The molecule has 0 spiro atoms. The maximum atomic E-state index is 11.5. The molecule has 0 unspecified atom stereocenters. The van der Waals surface area contributed by atoms with Crippen LogP contribution >= 0.6 is 0 Å². The van der Waals surface area contributed by atoms with Crippen LogP contribution in [-0.2, 0) is 4.79 Å².